The number of rotatable bonds is 4. The molecule has 0 fully saturated rings. The van der Waals surface area contributed by atoms with Gasteiger partial charge in [0, 0.05) is 17.1 Å². The van der Waals surface area contributed by atoms with Crippen molar-refractivity contribution in [3.8, 4) is 5.75 Å². The Morgan fingerprint density at radius 3 is 2.67 bits per heavy atom. The van der Waals surface area contributed by atoms with Gasteiger partial charge in [0.25, 0.3) is 11.8 Å². The van der Waals surface area contributed by atoms with E-state index in [1.165, 1.54) is 0 Å². The Morgan fingerprint density at radius 1 is 1.10 bits per heavy atom. The van der Waals surface area contributed by atoms with Crippen LogP contribution in [0, 0.1) is 6.92 Å². The third kappa shape index (κ3) is 4.53. The second-order valence-corrected chi connectivity index (χ2v) is 7.44. The number of aryl methyl sites for hydroxylation is 1. The van der Waals surface area contributed by atoms with E-state index in [2.05, 4.69) is 10.6 Å². The number of carbonyl (C=O) groups is 2. The summed E-state index contributed by atoms with van der Waals surface area (Å²) in [5.41, 5.74) is 3.85. The zero-order valence-electron chi connectivity index (χ0n) is 16.2. The summed E-state index contributed by atoms with van der Waals surface area (Å²) < 4.78 is 5.74. The van der Waals surface area contributed by atoms with E-state index in [-0.39, 0.29) is 17.6 Å². The van der Waals surface area contributed by atoms with Crippen LogP contribution in [0.1, 0.15) is 27.0 Å². The Labute approximate surface area is 179 Å². The third-order valence-corrected chi connectivity index (χ3v) is 4.89. The molecule has 1 aliphatic rings. The van der Waals surface area contributed by atoms with Gasteiger partial charge in [0.2, 0.25) is 0 Å². The first-order valence-corrected chi connectivity index (χ1v) is 9.80. The van der Waals surface area contributed by atoms with E-state index in [1.54, 1.807) is 48.5 Å². The molecule has 0 atom stereocenters. The molecule has 0 bridgehead atoms. The number of amides is 2. The standard InChI is InChI=1S/C24H19ClN2O3/c1-15-3-2-4-17(11-15)14-26-23(28)18-7-10-21-20(13-18)27-24(29)22(30-21)12-16-5-8-19(25)9-6-16/h2-13H,14H2,1H3,(H,26,28)(H,27,29)/b22-12+. The lowest BCUT2D eigenvalue weighted by atomic mass is 10.1. The van der Waals surface area contributed by atoms with Crippen molar-refractivity contribution in [1.82, 2.24) is 5.32 Å². The Hall–Kier alpha value is -3.57. The SMILES string of the molecule is Cc1cccc(CNC(=O)c2ccc3c(c2)NC(=O)/C(=C\c2ccc(Cl)cc2)O3)c1. The van der Waals surface area contributed by atoms with Crippen molar-refractivity contribution in [2.45, 2.75) is 13.5 Å². The summed E-state index contributed by atoms with van der Waals surface area (Å²) in [6.45, 7) is 2.43. The molecule has 0 radical (unpaired) electrons. The molecule has 0 aliphatic carbocycles. The Morgan fingerprint density at radius 2 is 1.90 bits per heavy atom. The van der Waals surface area contributed by atoms with E-state index in [1.807, 2.05) is 31.2 Å². The highest BCUT2D eigenvalue weighted by molar-refractivity contribution is 6.30. The molecule has 0 unspecified atom stereocenters. The van der Waals surface area contributed by atoms with E-state index in [4.69, 9.17) is 16.3 Å². The molecule has 1 heterocycles. The molecule has 0 aromatic heterocycles. The number of benzene rings is 3. The van der Waals surface area contributed by atoms with E-state index in [0.717, 1.165) is 16.7 Å². The van der Waals surface area contributed by atoms with Crippen molar-refractivity contribution in [2.24, 2.45) is 0 Å². The van der Waals surface area contributed by atoms with Gasteiger partial charge >= 0.3 is 0 Å². The van der Waals surface area contributed by atoms with Crippen LogP contribution >= 0.6 is 11.6 Å². The average molecular weight is 419 g/mol. The molecule has 4 rings (SSSR count). The first-order chi connectivity index (χ1) is 14.5. The predicted octanol–water partition coefficient (Wildman–Crippen LogP) is 4.95. The fourth-order valence-electron chi connectivity index (χ4n) is 3.12. The van der Waals surface area contributed by atoms with Gasteiger partial charge in [-0.3, -0.25) is 9.59 Å². The van der Waals surface area contributed by atoms with Crippen LogP contribution < -0.4 is 15.4 Å². The van der Waals surface area contributed by atoms with Crippen LogP contribution in [0.3, 0.4) is 0 Å². The molecule has 150 valence electrons. The summed E-state index contributed by atoms with van der Waals surface area (Å²) in [4.78, 5) is 24.9. The number of anilines is 1. The molecule has 0 saturated heterocycles. The molecule has 1 aliphatic heterocycles. The number of halogens is 1. The molecule has 30 heavy (non-hydrogen) atoms. The molecular weight excluding hydrogens is 400 g/mol. The number of ether oxygens (including phenoxy) is 1. The van der Waals surface area contributed by atoms with Gasteiger partial charge in [-0.05, 0) is 54.5 Å². The van der Waals surface area contributed by atoms with Crippen molar-refractivity contribution in [3.63, 3.8) is 0 Å². The molecule has 5 nitrogen and oxygen atoms in total. The minimum Gasteiger partial charge on any atom is -0.449 e. The lowest BCUT2D eigenvalue weighted by Crippen LogP contribution is -2.25. The first kappa shape index (κ1) is 19.7. The van der Waals surface area contributed by atoms with Crippen LogP contribution in [0.4, 0.5) is 5.69 Å². The van der Waals surface area contributed by atoms with Crippen LogP contribution in [0.2, 0.25) is 5.02 Å². The number of fused-ring (bicyclic) bond motifs is 1. The lowest BCUT2D eigenvalue weighted by molar-refractivity contribution is -0.115. The minimum atomic E-state index is -0.380. The van der Waals surface area contributed by atoms with E-state index in [9.17, 15) is 9.59 Å². The summed E-state index contributed by atoms with van der Waals surface area (Å²) in [6, 6.07) is 20.0. The summed E-state index contributed by atoms with van der Waals surface area (Å²) in [6.07, 6.45) is 1.64. The van der Waals surface area contributed by atoms with Crippen LogP contribution in [-0.4, -0.2) is 11.8 Å². The van der Waals surface area contributed by atoms with Crippen LogP contribution in [0.15, 0.2) is 72.5 Å². The quantitative estimate of drug-likeness (QED) is 0.589. The summed E-state index contributed by atoms with van der Waals surface area (Å²) in [7, 11) is 0. The smallest absolute Gasteiger partial charge is 0.291 e. The highest BCUT2D eigenvalue weighted by atomic mass is 35.5. The molecule has 3 aromatic carbocycles. The third-order valence-electron chi connectivity index (χ3n) is 4.64. The molecule has 2 N–H and O–H groups in total. The van der Waals surface area contributed by atoms with Gasteiger partial charge in [0.15, 0.2) is 11.5 Å². The maximum atomic E-state index is 12.5. The molecule has 2 amide bonds. The monoisotopic (exact) mass is 418 g/mol. The van der Waals surface area contributed by atoms with E-state index in [0.29, 0.717) is 28.6 Å². The molecular formula is C24H19ClN2O3. The van der Waals surface area contributed by atoms with Crippen LogP contribution in [0.5, 0.6) is 5.75 Å². The van der Waals surface area contributed by atoms with Crippen molar-refractivity contribution in [1.29, 1.82) is 0 Å². The largest absolute Gasteiger partial charge is 0.449 e. The number of hydrogen-bond acceptors (Lipinski definition) is 3. The average Bonchev–Trinajstić information content (AvgIpc) is 2.74. The second-order valence-electron chi connectivity index (χ2n) is 7.00. The Balaban J connectivity index is 1.48. The fraction of sp³-hybridized carbons (Fsp3) is 0.0833. The highest BCUT2D eigenvalue weighted by Gasteiger charge is 2.23. The Kier molecular flexibility index (Phi) is 5.55. The van der Waals surface area contributed by atoms with Crippen molar-refractivity contribution in [2.75, 3.05) is 5.32 Å². The van der Waals surface area contributed by atoms with Crippen molar-refractivity contribution >= 4 is 35.2 Å². The van der Waals surface area contributed by atoms with Gasteiger partial charge in [-0.25, -0.2) is 0 Å². The second kappa shape index (κ2) is 8.43. The first-order valence-electron chi connectivity index (χ1n) is 9.42. The molecule has 3 aromatic rings. The van der Waals surface area contributed by atoms with Crippen LogP contribution in [-0.2, 0) is 11.3 Å². The zero-order valence-corrected chi connectivity index (χ0v) is 17.0. The van der Waals surface area contributed by atoms with Crippen LogP contribution in [0.25, 0.3) is 6.08 Å². The van der Waals surface area contributed by atoms with Gasteiger partial charge < -0.3 is 15.4 Å². The van der Waals surface area contributed by atoms with E-state index < -0.39 is 0 Å². The molecule has 0 spiro atoms. The van der Waals surface area contributed by atoms with Gasteiger partial charge in [-0.2, -0.15) is 0 Å². The van der Waals surface area contributed by atoms with E-state index >= 15 is 0 Å². The van der Waals surface area contributed by atoms with Gasteiger partial charge in [0.1, 0.15) is 0 Å². The summed E-state index contributed by atoms with van der Waals surface area (Å²) in [5, 5.41) is 6.29. The van der Waals surface area contributed by atoms with Gasteiger partial charge in [-0.1, -0.05) is 53.6 Å². The number of nitrogens with one attached hydrogen (secondary N) is 2. The summed E-state index contributed by atoms with van der Waals surface area (Å²) >= 11 is 5.89. The lowest BCUT2D eigenvalue weighted by Gasteiger charge is -2.20. The van der Waals surface area contributed by atoms with Gasteiger partial charge in [-0.15, -0.1) is 0 Å². The van der Waals surface area contributed by atoms with Crippen molar-refractivity contribution in [3.05, 3.63) is 99.8 Å². The fourth-order valence-corrected chi connectivity index (χ4v) is 3.24. The Bertz CT molecular complexity index is 1150. The van der Waals surface area contributed by atoms with Gasteiger partial charge in [0.05, 0.1) is 5.69 Å². The van der Waals surface area contributed by atoms with Crippen molar-refractivity contribution < 1.29 is 14.3 Å². The molecule has 6 heteroatoms. The number of hydrogen-bond donors (Lipinski definition) is 2. The summed E-state index contributed by atoms with van der Waals surface area (Å²) in [5.74, 6) is 0.0392. The highest BCUT2D eigenvalue weighted by Crippen LogP contribution is 2.32. The normalized spacial score (nSPS) is 13.9. The number of carbonyl (C=O) groups excluding carboxylic acids is 2. The zero-order chi connectivity index (χ0) is 21.1. The molecule has 0 saturated carbocycles. The minimum absolute atomic E-state index is 0.168. The topological polar surface area (TPSA) is 67.4 Å². The maximum absolute atomic E-state index is 12.5. The predicted molar refractivity (Wildman–Crippen MR) is 117 cm³/mol. The maximum Gasteiger partial charge on any atom is 0.291 e.